The minimum absolute atomic E-state index is 0.583. The molecule has 3 nitrogen and oxygen atoms in total. The lowest BCUT2D eigenvalue weighted by Crippen LogP contribution is -2.30. The molecule has 0 heterocycles. The van der Waals surface area contributed by atoms with Gasteiger partial charge in [-0.15, -0.1) is 0 Å². The normalized spacial score (nSPS) is 13.5. The van der Waals surface area contributed by atoms with Gasteiger partial charge in [0.2, 0.25) is 0 Å². The van der Waals surface area contributed by atoms with Crippen molar-refractivity contribution >= 4 is 5.69 Å². The van der Waals surface area contributed by atoms with Gasteiger partial charge in [0, 0.05) is 18.8 Å². The fourth-order valence-electron chi connectivity index (χ4n) is 4.37. The van der Waals surface area contributed by atoms with Gasteiger partial charge < -0.3 is 14.7 Å². The highest BCUT2D eigenvalue weighted by molar-refractivity contribution is 5.48. The van der Waals surface area contributed by atoms with E-state index in [2.05, 4.69) is 111 Å². The molecule has 0 aromatic heterocycles. The minimum atomic E-state index is 0.583. The lowest BCUT2D eigenvalue weighted by molar-refractivity contribution is 0.390. The third kappa shape index (κ3) is 9.04. The number of nitrogens with zero attached hydrogens (tertiary/aromatic N) is 3. The minimum Gasteiger partial charge on any atom is -0.371 e. The summed E-state index contributed by atoms with van der Waals surface area (Å²) in [6, 6.07) is 20.4. The van der Waals surface area contributed by atoms with E-state index in [0.717, 1.165) is 26.2 Å². The predicted octanol–water partition coefficient (Wildman–Crippen LogP) is 6.08. The molecule has 0 saturated heterocycles. The molecule has 0 amide bonds. The van der Waals surface area contributed by atoms with Crippen molar-refractivity contribution in [2.45, 2.75) is 51.4 Å². The Hall–Kier alpha value is -1.84. The van der Waals surface area contributed by atoms with E-state index >= 15 is 0 Å². The molecule has 0 saturated carbocycles. The van der Waals surface area contributed by atoms with E-state index in [0.29, 0.717) is 11.8 Å². The SMILES string of the molecule is CCC(CC(C)c1ccccc1)c1ccc(N(CCCN(C)C)CCCN(C)C)cc1. The van der Waals surface area contributed by atoms with Gasteiger partial charge in [0.05, 0.1) is 0 Å². The van der Waals surface area contributed by atoms with Gasteiger partial charge in [0.1, 0.15) is 0 Å². The summed E-state index contributed by atoms with van der Waals surface area (Å²) in [5.74, 6) is 1.19. The van der Waals surface area contributed by atoms with Crippen LogP contribution in [0, 0.1) is 0 Å². The molecule has 2 rings (SSSR count). The van der Waals surface area contributed by atoms with E-state index in [9.17, 15) is 0 Å². The third-order valence-electron chi connectivity index (χ3n) is 6.30. The molecule has 2 unspecified atom stereocenters. The first-order chi connectivity index (χ1) is 14.9. The average Bonchev–Trinajstić information content (AvgIpc) is 2.76. The van der Waals surface area contributed by atoms with E-state index < -0.39 is 0 Å². The first-order valence-electron chi connectivity index (χ1n) is 12.1. The van der Waals surface area contributed by atoms with E-state index in [1.807, 2.05) is 0 Å². The number of benzene rings is 2. The van der Waals surface area contributed by atoms with Crippen molar-refractivity contribution in [2.24, 2.45) is 0 Å². The fourth-order valence-corrected chi connectivity index (χ4v) is 4.37. The molecule has 2 aromatic carbocycles. The van der Waals surface area contributed by atoms with Gasteiger partial charge in [0.25, 0.3) is 0 Å². The van der Waals surface area contributed by atoms with E-state index in [-0.39, 0.29) is 0 Å². The second-order valence-electron chi connectivity index (χ2n) is 9.54. The Morgan fingerprint density at radius 2 is 1.23 bits per heavy atom. The summed E-state index contributed by atoms with van der Waals surface area (Å²) < 4.78 is 0. The van der Waals surface area contributed by atoms with Crippen LogP contribution in [0.2, 0.25) is 0 Å². The number of hydrogen-bond acceptors (Lipinski definition) is 3. The van der Waals surface area contributed by atoms with Gasteiger partial charge >= 0.3 is 0 Å². The van der Waals surface area contributed by atoms with Crippen LogP contribution in [0.1, 0.15) is 62.5 Å². The zero-order valence-corrected chi connectivity index (χ0v) is 20.8. The standard InChI is InChI=1S/C28H45N3/c1-7-25(23-24(2)26-13-9-8-10-14-26)27-15-17-28(18-16-27)31(21-11-19-29(3)4)22-12-20-30(5)6/h8-10,13-18,24-25H,7,11-12,19-23H2,1-6H3. The van der Waals surface area contributed by atoms with Gasteiger partial charge in [-0.05, 0) is 102 Å². The van der Waals surface area contributed by atoms with Crippen LogP contribution in [0.25, 0.3) is 0 Å². The Labute approximate surface area is 192 Å². The summed E-state index contributed by atoms with van der Waals surface area (Å²) in [6.45, 7) is 9.20. The van der Waals surface area contributed by atoms with Gasteiger partial charge in [-0.1, -0.05) is 56.3 Å². The maximum Gasteiger partial charge on any atom is 0.0366 e. The van der Waals surface area contributed by atoms with Crippen molar-refractivity contribution in [1.29, 1.82) is 0 Å². The molecule has 3 heteroatoms. The second-order valence-corrected chi connectivity index (χ2v) is 9.54. The number of rotatable bonds is 14. The van der Waals surface area contributed by atoms with Crippen molar-refractivity contribution < 1.29 is 0 Å². The summed E-state index contributed by atoms with van der Waals surface area (Å²) in [7, 11) is 8.64. The van der Waals surface area contributed by atoms with Gasteiger partial charge in [-0.2, -0.15) is 0 Å². The molecule has 0 fully saturated rings. The smallest absolute Gasteiger partial charge is 0.0366 e. The maximum absolute atomic E-state index is 2.57. The first kappa shape index (κ1) is 25.4. The van der Waals surface area contributed by atoms with Crippen molar-refractivity contribution in [1.82, 2.24) is 9.80 Å². The molecule has 2 atom stereocenters. The summed E-state index contributed by atoms with van der Waals surface area (Å²) in [4.78, 5) is 7.13. The molecular weight excluding hydrogens is 378 g/mol. The van der Waals surface area contributed by atoms with Gasteiger partial charge in [-0.25, -0.2) is 0 Å². The van der Waals surface area contributed by atoms with E-state index in [1.54, 1.807) is 0 Å². The summed E-state index contributed by atoms with van der Waals surface area (Å²) >= 11 is 0. The van der Waals surface area contributed by atoms with Crippen molar-refractivity contribution in [3.05, 3.63) is 65.7 Å². The Kier molecular flexibility index (Phi) is 11.1. The van der Waals surface area contributed by atoms with Crippen LogP contribution in [-0.4, -0.2) is 64.2 Å². The molecule has 2 aromatic rings. The van der Waals surface area contributed by atoms with Crippen LogP contribution in [0.3, 0.4) is 0 Å². The van der Waals surface area contributed by atoms with Gasteiger partial charge in [-0.3, -0.25) is 0 Å². The summed E-state index contributed by atoms with van der Waals surface area (Å²) in [5.41, 5.74) is 4.30. The molecule has 0 N–H and O–H groups in total. The zero-order valence-electron chi connectivity index (χ0n) is 20.8. The average molecular weight is 424 g/mol. The molecule has 0 aliphatic heterocycles. The fraction of sp³-hybridized carbons (Fsp3) is 0.571. The molecule has 0 aliphatic carbocycles. The monoisotopic (exact) mass is 423 g/mol. The van der Waals surface area contributed by atoms with Crippen LogP contribution in [-0.2, 0) is 0 Å². The van der Waals surface area contributed by atoms with Gasteiger partial charge in [0.15, 0.2) is 0 Å². The lowest BCUT2D eigenvalue weighted by atomic mass is 9.84. The molecule has 0 bridgehead atoms. The predicted molar refractivity (Wildman–Crippen MR) is 138 cm³/mol. The molecule has 172 valence electrons. The lowest BCUT2D eigenvalue weighted by Gasteiger charge is -2.27. The Morgan fingerprint density at radius 1 is 0.677 bits per heavy atom. The molecule has 0 aliphatic rings. The summed E-state index contributed by atoms with van der Waals surface area (Å²) in [5, 5.41) is 0. The van der Waals surface area contributed by atoms with Crippen molar-refractivity contribution in [3.63, 3.8) is 0 Å². The number of hydrogen-bond donors (Lipinski definition) is 0. The molecule has 31 heavy (non-hydrogen) atoms. The number of anilines is 1. The van der Waals surface area contributed by atoms with Crippen LogP contribution in [0.15, 0.2) is 54.6 Å². The second kappa shape index (κ2) is 13.5. The van der Waals surface area contributed by atoms with Crippen LogP contribution < -0.4 is 4.90 Å². The Morgan fingerprint density at radius 3 is 1.71 bits per heavy atom. The largest absolute Gasteiger partial charge is 0.371 e. The molecular formula is C28H45N3. The van der Waals surface area contributed by atoms with E-state index in [1.165, 1.54) is 42.5 Å². The molecule has 0 radical (unpaired) electrons. The highest BCUT2D eigenvalue weighted by Crippen LogP contribution is 2.32. The topological polar surface area (TPSA) is 9.72 Å². The Bertz CT molecular complexity index is 695. The quantitative estimate of drug-likeness (QED) is 0.364. The highest BCUT2D eigenvalue weighted by Gasteiger charge is 2.16. The first-order valence-corrected chi connectivity index (χ1v) is 12.1. The van der Waals surface area contributed by atoms with Crippen LogP contribution in [0.5, 0.6) is 0 Å². The summed E-state index contributed by atoms with van der Waals surface area (Å²) in [6.07, 6.45) is 4.78. The highest BCUT2D eigenvalue weighted by atomic mass is 15.1. The van der Waals surface area contributed by atoms with Crippen molar-refractivity contribution in [3.8, 4) is 0 Å². The van der Waals surface area contributed by atoms with Crippen LogP contribution in [0.4, 0.5) is 5.69 Å². The van der Waals surface area contributed by atoms with E-state index in [4.69, 9.17) is 0 Å². The third-order valence-corrected chi connectivity index (χ3v) is 6.30. The zero-order chi connectivity index (χ0) is 22.6. The Balaban J connectivity index is 2.04. The maximum atomic E-state index is 2.57. The molecule has 0 spiro atoms. The van der Waals surface area contributed by atoms with Crippen molar-refractivity contribution in [2.75, 3.05) is 59.3 Å². The van der Waals surface area contributed by atoms with Crippen LogP contribution >= 0.6 is 0 Å².